The van der Waals surface area contributed by atoms with Crippen molar-refractivity contribution in [1.29, 1.82) is 0 Å². The maximum absolute atomic E-state index is 11.8. The zero-order chi connectivity index (χ0) is 13.3. The van der Waals surface area contributed by atoms with Gasteiger partial charge in [-0.2, -0.15) is 0 Å². The Kier molecular flexibility index (Phi) is 3.66. The molecular weight excluding hydrogens is 294 g/mol. The molecule has 3 nitrogen and oxygen atoms in total. The van der Waals surface area contributed by atoms with Crippen molar-refractivity contribution < 1.29 is 9.53 Å². The fraction of sp³-hybridized carbons (Fsp3) is 0.500. The quantitative estimate of drug-likeness (QED) is 0.852. The molecular formula is C14H18BrNO2. The van der Waals surface area contributed by atoms with Crippen LogP contribution < -0.4 is 5.32 Å². The molecule has 0 fully saturated rings. The fourth-order valence-electron chi connectivity index (χ4n) is 2.23. The molecule has 18 heavy (non-hydrogen) atoms. The monoisotopic (exact) mass is 311 g/mol. The molecule has 1 aromatic carbocycles. The Balaban J connectivity index is 2.08. The summed E-state index contributed by atoms with van der Waals surface area (Å²) in [6.45, 7) is 5.60. The number of rotatable bonds is 1. The van der Waals surface area contributed by atoms with Crippen LogP contribution >= 0.6 is 15.9 Å². The first-order valence-electron chi connectivity index (χ1n) is 6.13. The zero-order valence-corrected chi connectivity index (χ0v) is 12.5. The normalized spacial score (nSPS) is 18.3. The molecule has 0 heterocycles. The molecule has 0 bridgehead atoms. The first-order valence-corrected chi connectivity index (χ1v) is 6.93. The van der Waals surface area contributed by atoms with Gasteiger partial charge in [-0.3, -0.25) is 0 Å². The summed E-state index contributed by atoms with van der Waals surface area (Å²) in [5, 5.41) is 2.94. The van der Waals surface area contributed by atoms with Gasteiger partial charge < -0.3 is 10.1 Å². The van der Waals surface area contributed by atoms with Crippen LogP contribution in [0.25, 0.3) is 0 Å². The van der Waals surface area contributed by atoms with Gasteiger partial charge in [-0.1, -0.05) is 28.1 Å². The van der Waals surface area contributed by atoms with Crippen molar-refractivity contribution >= 4 is 22.0 Å². The Morgan fingerprint density at radius 1 is 1.44 bits per heavy atom. The third-order valence-electron chi connectivity index (χ3n) is 2.88. The molecule has 1 amide bonds. The van der Waals surface area contributed by atoms with Crippen molar-refractivity contribution in [3.05, 3.63) is 33.8 Å². The first kappa shape index (κ1) is 13.4. The molecule has 1 aliphatic carbocycles. The topological polar surface area (TPSA) is 38.3 Å². The molecule has 4 heteroatoms. The Morgan fingerprint density at radius 2 is 2.17 bits per heavy atom. The lowest BCUT2D eigenvalue weighted by molar-refractivity contribution is 0.0503. The maximum atomic E-state index is 11.8. The standard InChI is InChI=1S/C14H18BrNO2/c1-14(2,3)18-13(17)16-11-8-7-9-5-4-6-10(15)12(9)11/h4-6,11H,7-8H2,1-3H3,(H,16,17)/t11-/m1/s1. The minimum Gasteiger partial charge on any atom is -0.444 e. The molecule has 0 unspecified atom stereocenters. The van der Waals surface area contributed by atoms with Crippen molar-refractivity contribution in [3.63, 3.8) is 0 Å². The molecule has 0 aromatic heterocycles. The predicted octanol–water partition coefficient (Wildman–Crippen LogP) is 3.96. The van der Waals surface area contributed by atoms with E-state index < -0.39 is 5.60 Å². The summed E-state index contributed by atoms with van der Waals surface area (Å²) in [6.07, 6.45) is 1.57. The summed E-state index contributed by atoms with van der Waals surface area (Å²) < 4.78 is 6.34. The number of ether oxygens (including phenoxy) is 1. The van der Waals surface area contributed by atoms with Gasteiger partial charge in [0.15, 0.2) is 0 Å². The second-order valence-electron chi connectivity index (χ2n) is 5.55. The van der Waals surface area contributed by atoms with E-state index in [0.29, 0.717) is 0 Å². The fourth-order valence-corrected chi connectivity index (χ4v) is 2.91. The van der Waals surface area contributed by atoms with Gasteiger partial charge in [0.05, 0.1) is 6.04 Å². The van der Waals surface area contributed by atoms with Crippen LogP contribution in [0.4, 0.5) is 4.79 Å². The molecule has 0 saturated carbocycles. The van der Waals surface area contributed by atoms with Gasteiger partial charge in [0, 0.05) is 4.47 Å². The van der Waals surface area contributed by atoms with Crippen LogP contribution in [0.3, 0.4) is 0 Å². The summed E-state index contributed by atoms with van der Waals surface area (Å²) in [7, 11) is 0. The van der Waals surface area contributed by atoms with E-state index in [1.807, 2.05) is 32.9 Å². The van der Waals surface area contributed by atoms with Crippen molar-refractivity contribution in [3.8, 4) is 0 Å². The summed E-state index contributed by atoms with van der Waals surface area (Å²) >= 11 is 3.55. The van der Waals surface area contributed by atoms with E-state index in [0.717, 1.165) is 17.3 Å². The van der Waals surface area contributed by atoms with E-state index in [1.165, 1.54) is 11.1 Å². The summed E-state index contributed by atoms with van der Waals surface area (Å²) in [5.41, 5.74) is 2.02. The van der Waals surface area contributed by atoms with Gasteiger partial charge in [0.2, 0.25) is 0 Å². The number of alkyl carbamates (subject to hydrolysis) is 1. The summed E-state index contributed by atoms with van der Waals surface area (Å²) in [4.78, 5) is 11.8. The Morgan fingerprint density at radius 3 is 2.83 bits per heavy atom. The Hall–Kier alpha value is -1.03. The molecule has 1 aliphatic rings. The maximum Gasteiger partial charge on any atom is 0.408 e. The molecule has 0 aliphatic heterocycles. The lowest BCUT2D eigenvalue weighted by atomic mass is 10.1. The minimum absolute atomic E-state index is 0.0467. The molecule has 0 saturated heterocycles. The average molecular weight is 312 g/mol. The largest absolute Gasteiger partial charge is 0.444 e. The predicted molar refractivity (Wildman–Crippen MR) is 74.6 cm³/mol. The van der Waals surface area contributed by atoms with Gasteiger partial charge in [-0.15, -0.1) is 0 Å². The van der Waals surface area contributed by atoms with Crippen molar-refractivity contribution in [2.24, 2.45) is 0 Å². The number of fused-ring (bicyclic) bond motifs is 1. The highest BCUT2D eigenvalue weighted by Gasteiger charge is 2.27. The van der Waals surface area contributed by atoms with Crippen molar-refractivity contribution in [2.75, 3.05) is 0 Å². The average Bonchev–Trinajstić information content (AvgIpc) is 2.59. The second-order valence-corrected chi connectivity index (χ2v) is 6.40. The van der Waals surface area contributed by atoms with Crippen LogP contribution in [-0.4, -0.2) is 11.7 Å². The third-order valence-corrected chi connectivity index (χ3v) is 3.58. The van der Waals surface area contributed by atoms with E-state index in [4.69, 9.17) is 4.74 Å². The van der Waals surface area contributed by atoms with Crippen molar-refractivity contribution in [2.45, 2.75) is 45.3 Å². The van der Waals surface area contributed by atoms with Crippen LogP contribution in [0.1, 0.15) is 44.4 Å². The van der Waals surface area contributed by atoms with Gasteiger partial charge >= 0.3 is 6.09 Å². The van der Waals surface area contributed by atoms with E-state index in [-0.39, 0.29) is 12.1 Å². The molecule has 1 aromatic rings. The third kappa shape index (κ3) is 3.05. The van der Waals surface area contributed by atoms with Crippen LogP contribution in [0.2, 0.25) is 0 Å². The van der Waals surface area contributed by atoms with Gasteiger partial charge in [0.25, 0.3) is 0 Å². The zero-order valence-electron chi connectivity index (χ0n) is 10.9. The molecule has 0 spiro atoms. The molecule has 1 N–H and O–H groups in total. The van der Waals surface area contributed by atoms with Crippen LogP contribution in [0.15, 0.2) is 22.7 Å². The van der Waals surface area contributed by atoms with Crippen molar-refractivity contribution in [1.82, 2.24) is 5.32 Å². The van der Waals surface area contributed by atoms with Crippen LogP contribution in [-0.2, 0) is 11.2 Å². The van der Waals surface area contributed by atoms with E-state index >= 15 is 0 Å². The SMILES string of the molecule is CC(C)(C)OC(=O)N[C@@H]1CCc2cccc(Br)c21. The molecule has 0 radical (unpaired) electrons. The minimum atomic E-state index is -0.459. The van der Waals surface area contributed by atoms with E-state index in [9.17, 15) is 4.79 Å². The lowest BCUT2D eigenvalue weighted by Gasteiger charge is -2.22. The number of carbonyl (C=O) groups excluding carboxylic acids is 1. The number of amides is 1. The Bertz CT molecular complexity index is 465. The molecule has 98 valence electrons. The number of halogens is 1. The number of hydrogen-bond donors (Lipinski definition) is 1. The number of hydrogen-bond acceptors (Lipinski definition) is 2. The number of nitrogens with one attached hydrogen (secondary N) is 1. The highest BCUT2D eigenvalue weighted by molar-refractivity contribution is 9.10. The molecule has 2 rings (SSSR count). The summed E-state index contributed by atoms with van der Waals surface area (Å²) in [6, 6.07) is 6.19. The Labute approximate surface area is 116 Å². The first-order chi connectivity index (χ1) is 8.37. The van der Waals surface area contributed by atoms with E-state index in [2.05, 4.69) is 27.3 Å². The van der Waals surface area contributed by atoms with Gasteiger partial charge in [-0.25, -0.2) is 4.79 Å². The summed E-state index contributed by atoms with van der Waals surface area (Å²) in [5.74, 6) is 0. The van der Waals surface area contributed by atoms with Gasteiger partial charge in [0.1, 0.15) is 5.60 Å². The lowest BCUT2D eigenvalue weighted by Crippen LogP contribution is -2.34. The van der Waals surface area contributed by atoms with E-state index in [1.54, 1.807) is 0 Å². The van der Waals surface area contributed by atoms with Gasteiger partial charge in [-0.05, 0) is 50.8 Å². The molecule has 1 atom stereocenters. The number of carbonyl (C=O) groups is 1. The highest BCUT2D eigenvalue weighted by atomic mass is 79.9. The van der Waals surface area contributed by atoms with Crippen LogP contribution in [0.5, 0.6) is 0 Å². The second kappa shape index (κ2) is 4.92. The number of aryl methyl sites for hydroxylation is 1. The van der Waals surface area contributed by atoms with Crippen LogP contribution in [0, 0.1) is 0 Å². The highest BCUT2D eigenvalue weighted by Crippen LogP contribution is 2.36. The smallest absolute Gasteiger partial charge is 0.408 e. The number of benzene rings is 1.